The molecule has 0 aliphatic heterocycles. The van der Waals surface area contributed by atoms with Crippen molar-refractivity contribution in [2.75, 3.05) is 26.1 Å². The third-order valence-electron chi connectivity index (χ3n) is 3.47. The van der Waals surface area contributed by atoms with Crippen molar-refractivity contribution in [3.63, 3.8) is 0 Å². The number of nitrogens with two attached hydrogens (primary N) is 1. The summed E-state index contributed by atoms with van der Waals surface area (Å²) in [5.41, 5.74) is 5.80. The molecule has 0 saturated carbocycles. The maximum absolute atomic E-state index is 12.6. The molecule has 0 bridgehead atoms. The second kappa shape index (κ2) is 7.92. The number of carbonyl (C=O) groups is 2. The molecule has 140 valence electrons. The number of carbonyl (C=O) groups excluding carboxylic acids is 2. The normalized spacial score (nSPS) is 11.0. The second-order valence-electron chi connectivity index (χ2n) is 6.36. The van der Waals surface area contributed by atoms with Crippen LogP contribution in [0.15, 0.2) is 34.9 Å². The van der Waals surface area contributed by atoms with Crippen LogP contribution in [0, 0.1) is 0 Å². The molecule has 0 aliphatic carbocycles. The SMILES string of the molecule is COc1cc(NC(=O)c2ccco2)c(C(=O)NCC(C)(C)N)cc1OC. The maximum atomic E-state index is 12.6. The highest BCUT2D eigenvalue weighted by atomic mass is 16.5. The first-order chi connectivity index (χ1) is 12.2. The fourth-order valence-electron chi connectivity index (χ4n) is 2.17. The smallest absolute Gasteiger partial charge is 0.291 e. The van der Waals surface area contributed by atoms with Gasteiger partial charge in [0.15, 0.2) is 17.3 Å². The Hall–Kier alpha value is -3.00. The third kappa shape index (κ3) is 4.76. The molecule has 0 saturated heterocycles. The van der Waals surface area contributed by atoms with Gasteiger partial charge < -0.3 is 30.3 Å². The fraction of sp³-hybridized carbons (Fsp3) is 0.333. The van der Waals surface area contributed by atoms with Gasteiger partial charge in [-0.1, -0.05) is 0 Å². The molecule has 8 nitrogen and oxygen atoms in total. The number of methoxy groups -OCH3 is 2. The van der Waals surface area contributed by atoms with E-state index < -0.39 is 17.4 Å². The molecule has 1 aromatic carbocycles. The van der Waals surface area contributed by atoms with Crippen LogP contribution < -0.4 is 25.8 Å². The van der Waals surface area contributed by atoms with Crippen molar-refractivity contribution in [3.8, 4) is 11.5 Å². The Labute approximate surface area is 151 Å². The molecule has 0 atom stereocenters. The van der Waals surface area contributed by atoms with Crippen molar-refractivity contribution in [3.05, 3.63) is 41.9 Å². The quantitative estimate of drug-likeness (QED) is 0.695. The zero-order chi connectivity index (χ0) is 19.3. The first-order valence-electron chi connectivity index (χ1n) is 7.93. The Balaban J connectivity index is 2.36. The van der Waals surface area contributed by atoms with E-state index in [9.17, 15) is 9.59 Å². The highest BCUT2D eigenvalue weighted by Gasteiger charge is 2.21. The van der Waals surface area contributed by atoms with E-state index in [0.717, 1.165) is 0 Å². The first-order valence-corrected chi connectivity index (χ1v) is 7.93. The van der Waals surface area contributed by atoms with Crippen molar-refractivity contribution in [2.24, 2.45) is 5.73 Å². The van der Waals surface area contributed by atoms with E-state index in [2.05, 4.69) is 10.6 Å². The summed E-state index contributed by atoms with van der Waals surface area (Å²) >= 11 is 0. The average Bonchev–Trinajstić information content (AvgIpc) is 3.13. The van der Waals surface area contributed by atoms with Gasteiger partial charge in [0.05, 0.1) is 31.7 Å². The van der Waals surface area contributed by atoms with Crippen molar-refractivity contribution in [1.29, 1.82) is 0 Å². The highest BCUT2D eigenvalue weighted by molar-refractivity contribution is 6.08. The Morgan fingerprint density at radius 3 is 2.35 bits per heavy atom. The fourth-order valence-corrected chi connectivity index (χ4v) is 2.17. The molecule has 0 unspecified atom stereocenters. The van der Waals surface area contributed by atoms with E-state index in [0.29, 0.717) is 11.5 Å². The number of amides is 2. The van der Waals surface area contributed by atoms with Gasteiger partial charge in [0.1, 0.15) is 0 Å². The molecule has 0 fully saturated rings. The second-order valence-corrected chi connectivity index (χ2v) is 6.36. The van der Waals surface area contributed by atoms with E-state index in [-0.39, 0.29) is 23.6 Å². The van der Waals surface area contributed by atoms with Crippen LogP contribution in [0.2, 0.25) is 0 Å². The molecule has 1 heterocycles. The summed E-state index contributed by atoms with van der Waals surface area (Å²) in [4.78, 5) is 24.9. The van der Waals surface area contributed by atoms with E-state index in [1.807, 2.05) is 0 Å². The minimum absolute atomic E-state index is 0.120. The van der Waals surface area contributed by atoms with Gasteiger partial charge >= 0.3 is 0 Å². The molecule has 8 heteroatoms. The van der Waals surface area contributed by atoms with E-state index in [1.54, 1.807) is 19.9 Å². The molecule has 4 N–H and O–H groups in total. The highest BCUT2D eigenvalue weighted by Crippen LogP contribution is 2.33. The monoisotopic (exact) mass is 361 g/mol. The van der Waals surface area contributed by atoms with Gasteiger partial charge in [0, 0.05) is 18.2 Å². The van der Waals surface area contributed by atoms with Crippen LogP contribution >= 0.6 is 0 Å². The molecule has 2 amide bonds. The number of hydrogen-bond acceptors (Lipinski definition) is 6. The Bertz CT molecular complexity index is 779. The topological polar surface area (TPSA) is 116 Å². The molecule has 0 spiro atoms. The summed E-state index contributed by atoms with van der Waals surface area (Å²) in [7, 11) is 2.93. The molecule has 0 aliphatic rings. The number of benzene rings is 1. The van der Waals surface area contributed by atoms with Crippen LogP contribution in [0.4, 0.5) is 5.69 Å². The minimum Gasteiger partial charge on any atom is -0.493 e. The number of anilines is 1. The predicted octanol–water partition coefficient (Wildman–Crippen LogP) is 2.02. The van der Waals surface area contributed by atoms with Gasteiger partial charge in [-0.3, -0.25) is 9.59 Å². The lowest BCUT2D eigenvalue weighted by atomic mass is 10.1. The Morgan fingerprint density at radius 2 is 1.81 bits per heavy atom. The molecule has 0 radical (unpaired) electrons. The number of ether oxygens (including phenoxy) is 2. The van der Waals surface area contributed by atoms with Gasteiger partial charge in [-0.25, -0.2) is 0 Å². The average molecular weight is 361 g/mol. The maximum Gasteiger partial charge on any atom is 0.291 e. The number of rotatable bonds is 7. The summed E-state index contributed by atoms with van der Waals surface area (Å²) in [6, 6.07) is 6.13. The number of hydrogen-bond donors (Lipinski definition) is 3. The van der Waals surface area contributed by atoms with Gasteiger partial charge in [0.2, 0.25) is 0 Å². The van der Waals surface area contributed by atoms with Crippen molar-refractivity contribution in [2.45, 2.75) is 19.4 Å². The molecule has 2 rings (SSSR count). The number of nitrogens with one attached hydrogen (secondary N) is 2. The van der Waals surface area contributed by atoms with Gasteiger partial charge in [-0.15, -0.1) is 0 Å². The molecule has 1 aromatic heterocycles. The van der Waals surface area contributed by atoms with Gasteiger partial charge in [-0.2, -0.15) is 0 Å². The number of furan rings is 1. The zero-order valence-corrected chi connectivity index (χ0v) is 15.2. The predicted molar refractivity (Wildman–Crippen MR) is 96.8 cm³/mol. The van der Waals surface area contributed by atoms with Crippen LogP contribution in [0.25, 0.3) is 0 Å². The van der Waals surface area contributed by atoms with E-state index >= 15 is 0 Å². The minimum atomic E-state index is -0.580. The Kier molecular flexibility index (Phi) is 5.89. The van der Waals surface area contributed by atoms with Crippen LogP contribution in [-0.4, -0.2) is 38.1 Å². The molecule has 26 heavy (non-hydrogen) atoms. The molecule has 2 aromatic rings. The summed E-state index contributed by atoms with van der Waals surface area (Å²) in [6.45, 7) is 3.84. The van der Waals surface area contributed by atoms with Crippen LogP contribution in [0.1, 0.15) is 34.8 Å². The Morgan fingerprint density at radius 1 is 1.15 bits per heavy atom. The lowest BCUT2D eigenvalue weighted by molar-refractivity contribution is 0.0946. The van der Waals surface area contributed by atoms with Gasteiger partial charge in [0.25, 0.3) is 11.8 Å². The first kappa shape index (κ1) is 19.3. The standard InChI is InChI=1S/C18H23N3O5/c1-18(2,19)10-20-16(22)11-8-14(24-3)15(25-4)9-12(11)21-17(23)13-6-5-7-26-13/h5-9H,10,19H2,1-4H3,(H,20,22)(H,21,23). The van der Waals surface area contributed by atoms with Crippen molar-refractivity contribution < 1.29 is 23.5 Å². The lowest BCUT2D eigenvalue weighted by Crippen LogP contribution is -2.45. The summed E-state index contributed by atoms with van der Waals surface area (Å²) in [6.07, 6.45) is 1.39. The third-order valence-corrected chi connectivity index (χ3v) is 3.47. The molecular weight excluding hydrogens is 338 g/mol. The van der Waals surface area contributed by atoms with Crippen LogP contribution in [0.5, 0.6) is 11.5 Å². The van der Waals surface area contributed by atoms with Gasteiger partial charge in [-0.05, 0) is 32.0 Å². The van der Waals surface area contributed by atoms with Crippen LogP contribution in [0.3, 0.4) is 0 Å². The lowest BCUT2D eigenvalue weighted by Gasteiger charge is -2.20. The zero-order valence-electron chi connectivity index (χ0n) is 15.2. The molecular formula is C18H23N3O5. The summed E-state index contributed by atoms with van der Waals surface area (Å²) in [5, 5.41) is 5.40. The summed E-state index contributed by atoms with van der Waals surface area (Å²) in [5.74, 6) is -0.0394. The van der Waals surface area contributed by atoms with Crippen LogP contribution in [-0.2, 0) is 0 Å². The van der Waals surface area contributed by atoms with Crippen molar-refractivity contribution in [1.82, 2.24) is 5.32 Å². The van der Waals surface area contributed by atoms with E-state index in [1.165, 1.54) is 38.7 Å². The van der Waals surface area contributed by atoms with E-state index in [4.69, 9.17) is 19.6 Å². The van der Waals surface area contributed by atoms with Crippen molar-refractivity contribution >= 4 is 17.5 Å². The summed E-state index contributed by atoms with van der Waals surface area (Å²) < 4.78 is 15.6. The largest absolute Gasteiger partial charge is 0.493 e.